The van der Waals surface area contributed by atoms with E-state index in [1.807, 2.05) is 0 Å². The van der Waals surface area contributed by atoms with E-state index >= 15 is 0 Å². The van der Waals surface area contributed by atoms with E-state index in [4.69, 9.17) is 0 Å². The molecule has 1 heterocycles. The second-order valence-electron chi connectivity index (χ2n) is 1.96. The maximum atomic E-state index is 12.4. The van der Waals surface area contributed by atoms with Crippen molar-refractivity contribution in [2.24, 2.45) is 0 Å². The molecule has 10 heavy (non-hydrogen) atoms. The molecule has 2 nitrogen and oxygen atoms in total. The van der Waals surface area contributed by atoms with Crippen LogP contribution in [0.1, 0.15) is 0 Å². The lowest BCUT2D eigenvalue weighted by molar-refractivity contribution is 0.540. The average molecular weight is 161 g/mol. The van der Waals surface area contributed by atoms with E-state index in [9.17, 15) is 8.60 Å². The topological polar surface area (TPSA) is 29.1 Å². The molecule has 0 bridgehead atoms. The van der Waals surface area contributed by atoms with Gasteiger partial charge in [-0.25, -0.2) is 0 Å². The number of hydrogen-bond acceptors (Lipinski definition) is 2. The Labute approximate surface area is 61.3 Å². The Kier molecular flexibility index (Phi) is 2.21. The number of allylic oxidation sites excluding steroid dienone is 2. The summed E-state index contributed by atoms with van der Waals surface area (Å²) in [5, 5.41) is 2.05. The zero-order chi connectivity index (χ0) is 7.56. The van der Waals surface area contributed by atoms with Crippen molar-refractivity contribution in [2.75, 3.05) is 6.26 Å². The fourth-order valence-corrected chi connectivity index (χ4v) is 1.26. The SMILES string of the molecule is C[S@@](=O)C1C=CC=C(F)N1. The van der Waals surface area contributed by atoms with Crippen LogP contribution in [-0.4, -0.2) is 15.8 Å². The summed E-state index contributed by atoms with van der Waals surface area (Å²) in [6.45, 7) is 0. The van der Waals surface area contributed by atoms with Crippen molar-refractivity contribution in [3.8, 4) is 0 Å². The van der Waals surface area contributed by atoms with Gasteiger partial charge in [0, 0.05) is 17.1 Å². The Balaban J connectivity index is 2.64. The van der Waals surface area contributed by atoms with Gasteiger partial charge in [0.2, 0.25) is 0 Å². The Bertz CT molecular complexity index is 212. The molecule has 0 aromatic heterocycles. The Morgan fingerprint density at radius 2 is 2.50 bits per heavy atom. The first kappa shape index (κ1) is 7.47. The molecular formula is C6H8FNOS. The van der Waals surface area contributed by atoms with Crippen molar-refractivity contribution < 1.29 is 8.60 Å². The summed E-state index contributed by atoms with van der Waals surface area (Å²) in [6, 6.07) is 0. The highest BCUT2D eigenvalue weighted by molar-refractivity contribution is 7.85. The van der Waals surface area contributed by atoms with E-state index in [2.05, 4.69) is 5.32 Å². The van der Waals surface area contributed by atoms with Crippen LogP contribution in [-0.2, 0) is 10.8 Å². The number of halogens is 1. The summed E-state index contributed by atoms with van der Waals surface area (Å²) >= 11 is 0. The lowest BCUT2D eigenvalue weighted by Gasteiger charge is -2.13. The number of nitrogens with one attached hydrogen (secondary N) is 1. The second kappa shape index (κ2) is 2.96. The van der Waals surface area contributed by atoms with Crippen molar-refractivity contribution in [3.63, 3.8) is 0 Å². The first-order chi connectivity index (χ1) is 4.70. The van der Waals surface area contributed by atoms with Gasteiger partial charge in [0.1, 0.15) is 5.37 Å². The fourth-order valence-electron chi connectivity index (χ4n) is 0.667. The van der Waals surface area contributed by atoms with Gasteiger partial charge in [-0.2, -0.15) is 4.39 Å². The molecule has 2 atom stereocenters. The zero-order valence-corrected chi connectivity index (χ0v) is 6.32. The third-order valence-corrected chi connectivity index (χ3v) is 2.16. The van der Waals surface area contributed by atoms with Gasteiger partial charge in [0.05, 0.1) is 0 Å². The highest BCUT2D eigenvalue weighted by atomic mass is 32.2. The van der Waals surface area contributed by atoms with E-state index in [1.54, 1.807) is 12.2 Å². The van der Waals surface area contributed by atoms with E-state index in [1.165, 1.54) is 12.3 Å². The predicted molar refractivity (Wildman–Crippen MR) is 39.3 cm³/mol. The largest absolute Gasteiger partial charge is 0.344 e. The molecule has 0 saturated carbocycles. The Morgan fingerprint density at radius 3 is 2.90 bits per heavy atom. The monoisotopic (exact) mass is 161 g/mol. The van der Waals surface area contributed by atoms with Crippen molar-refractivity contribution in [2.45, 2.75) is 5.37 Å². The van der Waals surface area contributed by atoms with Crippen LogP contribution in [0.25, 0.3) is 0 Å². The van der Waals surface area contributed by atoms with Gasteiger partial charge >= 0.3 is 0 Å². The summed E-state index contributed by atoms with van der Waals surface area (Å²) in [7, 11) is -1.05. The minimum atomic E-state index is -1.05. The van der Waals surface area contributed by atoms with Gasteiger partial charge in [-0.15, -0.1) is 0 Å². The van der Waals surface area contributed by atoms with E-state index in [-0.39, 0.29) is 5.37 Å². The van der Waals surface area contributed by atoms with Crippen LogP contribution < -0.4 is 5.32 Å². The molecule has 0 aliphatic carbocycles. The Morgan fingerprint density at radius 1 is 1.80 bits per heavy atom. The van der Waals surface area contributed by atoms with Crippen molar-refractivity contribution in [1.82, 2.24) is 5.32 Å². The third kappa shape index (κ3) is 1.67. The quantitative estimate of drug-likeness (QED) is 0.572. The van der Waals surface area contributed by atoms with Crippen LogP contribution in [0.4, 0.5) is 4.39 Å². The third-order valence-electron chi connectivity index (χ3n) is 1.17. The van der Waals surface area contributed by atoms with E-state index in [0.29, 0.717) is 0 Å². The molecule has 0 aromatic rings. The molecular weight excluding hydrogens is 153 g/mol. The van der Waals surface area contributed by atoms with Crippen LogP contribution in [0.2, 0.25) is 0 Å². The summed E-state index contributed by atoms with van der Waals surface area (Å²) in [5.74, 6) is -0.428. The molecule has 0 radical (unpaired) electrons. The van der Waals surface area contributed by atoms with Crippen LogP contribution in [0.15, 0.2) is 24.2 Å². The molecule has 1 unspecified atom stereocenters. The summed E-state index contributed by atoms with van der Waals surface area (Å²) in [5.41, 5.74) is 0. The molecule has 0 saturated heterocycles. The van der Waals surface area contributed by atoms with Crippen LogP contribution in [0, 0.1) is 0 Å². The van der Waals surface area contributed by atoms with Crippen LogP contribution >= 0.6 is 0 Å². The molecule has 0 amide bonds. The van der Waals surface area contributed by atoms with Crippen molar-refractivity contribution >= 4 is 10.8 Å². The molecule has 1 aliphatic heterocycles. The molecule has 1 rings (SSSR count). The minimum Gasteiger partial charge on any atom is -0.344 e. The number of dihydropyridines is 1. The molecule has 1 aliphatic rings. The summed E-state index contributed by atoms with van der Waals surface area (Å²) < 4.78 is 23.1. The first-order valence-electron chi connectivity index (χ1n) is 2.83. The van der Waals surface area contributed by atoms with Crippen LogP contribution in [0.5, 0.6) is 0 Å². The highest BCUT2D eigenvalue weighted by Crippen LogP contribution is 2.04. The second-order valence-corrected chi connectivity index (χ2v) is 3.47. The summed E-state index contributed by atoms with van der Waals surface area (Å²) in [4.78, 5) is 0. The summed E-state index contributed by atoms with van der Waals surface area (Å²) in [6.07, 6.45) is 6.04. The zero-order valence-electron chi connectivity index (χ0n) is 5.50. The van der Waals surface area contributed by atoms with Gasteiger partial charge in [-0.1, -0.05) is 6.08 Å². The molecule has 0 aromatic carbocycles. The molecule has 4 heteroatoms. The van der Waals surface area contributed by atoms with Gasteiger partial charge in [-0.3, -0.25) is 4.21 Å². The number of hydrogen-bond donors (Lipinski definition) is 1. The minimum absolute atomic E-state index is 0.370. The van der Waals surface area contributed by atoms with Gasteiger partial charge in [-0.05, 0) is 12.2 Å². The maximum Gasteiger partial charge on any atom is 0.188 e. The lowest BCUT2D eigenvalue weighted by atomic mass is 10.4. The number of rotatable bonds is 1. The molecule has 1 N–H and O–H groups in total. The smallest absolute Gasteiger partial charge is 0.188 e. The standard InChI is InChI=1S/C6H8FNOS/c1-10(9)6-4-2-3-5(7)8-6/h2-4,6,8H,1H3/t6?,10-/m1/s1. The first-order valence-corrected chi connectivity index (χ1v) is 4.45. The van der Waals surface area contributed by atoms with Gasteiger partial charge in [0.15, 0.2) is 5.95 Å². The van der Waals surface area contributed by atoms with Crippen molar-refractivity contribution in [3.05, 3.63) is 24.2 Å². The van der Waals surface area contributed by atoms with Crippen LogP contribution in [0.3, 0.4) is 0 Å². The predicted octanol–water partition coefficient (Wildman–Crippen LogP) is 0.661. The molecule has 0 fully saturated rings. The van der Waals surface area contributed by atoms with Crippen molar-refractivity contribution in [1.29, 1.82) is 0 Å². The molecule has 56 valence electrons. The van der Waals surface area contributed by atoms with Gasteiger partial charge < -0.3 is 5.32 Å². The normalized spacial score (nSPS) is 27.0. The lowest BCUT2D eigenvalue weighted by Crippen LogP contribution is -2.30. The highest BCUT2D eigenvalue weighted by Gasteiger charge is 2.11. The van der Waals surface area contributed by atoms with Gasteiger partial charge in [0.25, 0.3) is 0 Å². The molecule has 0 spiro atoms. The Hall–Kier alpha value is -0.640. The maximum absolute atomic E-state index is 12.4. The van der Waals surface area contributed by atoms with E-state index < -0.39 is 16.8 Å². The van der Waals surface area contributed by atoms with E-state index in [0.717, 1.165) is 0 Å². The average Bonchev–Trinajstić information content (AvgIpc) is 1.88. The fraction of sp³-hybridized carbons (Fsp3) is 0.333.